The molecule has 15 heavy (non-hydrogen) atoms. The molecule has 2 heteroatoms. The van der Waals surface area contributed by atoms with Gasteiger partial charge in [-0.1, -0.05) is 26.7 Å². The van der Waals surface area contributed by atoms with Crippen LogP contribution in [0.2, 0.25) is 0 Å². The fourth-order valence-corrected chi connectivity index (χ4v) is 2.37. The fourth-order valence-electron chi connectivity index (χ4n) is 2.37. The molecule has 0 N–H and O–H groups in total. The van der Waals surface area contributed by atoms with Crippen molar-refractivity contribution in [1.29, 1.82) is 0 Å². The lowest BCUT2D eigenvalue weighted by atomic mass is 10.0. The highest BCUT2D eigenvalue weighted by atomic mass is 15.2. The van der Waals surface area contributed by atoms with Gasteiger partial charge in [0, 0.05) is 26.2 Å². The Hall–Kier alpha value is -0.0800. The van der Waals surface area contributed by atoms with Gasteiger partial charge in [-0.2, -0.15) is 0 Å². The SMILES string of the molecule is CCCC(C)CCCN1CCN(C)CC1. The van der Waals surface area contributed by atoms with Crippen LogP contribution in [0.15, 0.2) is 0 Å². The van der Waals surface area contributed by atoms with E-state index in [1.807, 2.05) is 0 Å². The summed E-state index contributed by atoms with van der Waals surface area (Å²) in [4.78, 5) is 5.05. The Morgan fingerprint density at radius 1 is 1.07 bits per heavy atom. The van der Waals surface area contributed by atoms with Crippen molar-refractivity contribution < 1.29 is 0 Å². The third kappa shape index (κ3) is 5.53. The molecule has 1 aliphatic heterocycles. The van der Waals surface area contributed by atoms with E-state index in [2.05, 4.69) is 30.7 Å². The monoisotopic (exact) mass is 212 g/mol. The van der Waals surface area contributed by atoms with Crippen molar-refractivity contribution in [2.24, 2.45) is 5.92 Å². The van der Waals surface area contributed by atoms with E-state index < -0.39 is 0 Å². The number of piperazine rings is 1. The van der Waals surface area contributed by atoms with Crippen molar-refractivity contribution in [2.75, 3.05) is 39.8 Å². The Kier molecular flexibility index (Phi) is 6.26. The second-order valence-electron chi connectivity index (χ2n) is 5.18. The van der Waals surface area contributed by atoms with Gasteiger partial charge in [0.25, 0.3) is 0 Å². The molecular formula is C13H28N2. The molecule has 1 saturated heterocycles. The summed E-state index contributed by atoms with van der Waals surface area (Å²) in [6, 6.07) is 0. The fraction of sp³-hybridized carbons (Fsp3) is 1.00. The lowest BCUT2D eigenvalue weighted by molar-refractivity contribution is 0.150. The second kappa shape index (κ2) is 7.24. The summed E-state index contributed by atoms with van der Waals surface area (Å²) >= 11 is 0. The minimum atomic E-state index is 0.933. The predicted molar refractivity (Wildman–Crippen MR) is 67.2 cm³/mol. The smallest absolute Gasteiger partial charge is 0.0110 e. The quantitative estimate of drug-likeness (QED) is 0.667. The summed E-state index contributed by atoms with van der Waals surface area (Å²) < 4.78 is 0. The van der Waals surface area contributed by atoms with Gasteiger partial charge in [0.15, 0.2) is 0 Å². The lowest BCUT2D eigenvalue weighted by Gasteiger charge is -2.32. The first-order valence-corrected chi connectivity index (χ1v) is 6.63. The van der Waals surface area contributed by atoms with Crippen LogP contribution < -0.4 is 0 Å². The first-order chi connectivity index (χ1) is 7.22. The van der Waals surface area contributed by atoms with Crippen LogP contribution in [0.5, 0.6) is 0 Å². The summed E-state index contributed by atoms with van der Waals surface area (Å²) in [5, 5.41) is 0. The maximum Gasteiger partial charge on any atom is 0.0110 e. The minimum Gasteiger partial charge on any atom is -0.304 e. The molecule has 0 bridgehead atoms. The van der Waals surface area contributed by atoms with E-state index in [9.17, 15) is 0 Å². The van der Waals surface area contributed by atoms with Crippen LogP contribution in [0.25, 0.3) is 0 Å². The van der Waals surface area contributed by atoms with Crippen LogP contribution in [-0.2, 0) is 0 Å². The van der Waals surface area contributed by atoms with Crippen molar-refractivity contribution >= 4 is 0 Å². The first kappa shape index (κ1) is 13.0. The molecule has 90 valence electrons. The van der Waals surface area contributed by atoms with Gasteiger partial charge in [0.2, 0.25) is 0 Å². The van der Waals surface area contributed by atoms with Gasteiger partial charge in [-0.3, -0.25) is 0 Å². The summed E-state index contributed by atoms with van der Waals surface area (Å²) in [5.74, 6) is 0.933. The molecule has 1 fully saturated rings. The van der Waals surface area contributed by atoms with Crippen LogP contribution in [0, 0.1) is 5.92 Å². The van der Waals surface area contributed by atoms with E-state index in [0.717, 1.165) is 5.92 Å². The van der Waals surface area contributed by atoms with Gasteiger partial charge in [-0.15, -0.1) is 0 Å². The van der Waals surface area contributed by atoms with Crippen LogP contribution >= 0.6 is 0 Å². The summed E-state index contributed by atoms with van der Waals surface area (Å²) in [6.45, 7) is 11.1. The van der Waals surface area contributed by atoms with Gasteiger partial charge in [0.05, 0.1) is 0 Å². The summed E-state index contributed by atoms with van der Waals surface area (Å²) in [6.07, 6.45) is 5.56. The number of hydrogen-bond donors (Lipinski definition) is 0. The molecule has 1 aliphatic rings. The molecule has 1 atom stereocenters. The second-order valence-corrected chi connectivity index (χ2v) is 5.18. The van der Waals surface area contributed by atoms with Crippen LogP contribution in [-0.4, -0.2) is 49.6 Å². The highest BCUT2D eigenvalue weighted by Gasteiger charge is 2.13. The van der Waals surface area contributed by atoms with E-state index in [4.69, 9.17) is 0 Å². The molecule has 0 aliphatic carbocycles. The van der Waals surface area contributed by atoms with Gasteiger partial charge in [0.1, 0.15) is 0 Å². The molecule has 1 rings (SSSR count). The zero-order valence-electron chi connectivity index (χ0n) is 10.8. The first-order valence-electron chi connectivity index (χ1n) is 6.63. The Bertz CT molecular complexity index is 151. The van der Waals surface area contributed by atoms with E-state index in [-0.39, 0.29) is 0 Å². The average molecular weight is 212 g/mol. The zero-order valence-corrected chi connectivity index (χ0v) is 10.8. The number of likely N-dealkylation sites (N-methyl/N-ethyl adjacent to an activating group) is 1. The van der Waals surface area contributed by atoms with Crippen molar-refractivity contribution in [3.05, 3.63) is 0 Å². The average Bonchev–Trinajstić information content (AvgIpc) is 2.21. The number of hydrogen-bond acceptors (Lipinski definition) is 2. The molecule has 1 heterocycles. The van der Waals surface area contributed by atoms with Gasteiger partial charge in [-0.05, 0) is 32.4 Å². The number of rotatable bonds is 6. The van der Waals surface area contributed by atoms with Crippen LogP contribution in [0.1, 0.15) is 39.5 Å². The Morgan fingerprint density at radius 3 is 2.33 bits per heavy atom. The lowest BCUT2D eigenvalue weighted by Crippen LogP contribution is -2.44. The maximum atomic E-state index is 2.62. The van der Waals surface area contributed by atoms with Crippen LogP contribution in [0.4, 0.5) is 0 Å². The van der Waals surface area contributed by atoms with E-state index in [1.165, 1.54) is 58.4 Å². The van der Waals surface area contributed by atoms with Gasteiger partial charge in [-0.25, -0.2) is 0 Å². The highest BCUT2D eigenvalue weighted by molar-refractivity contribution is 4.69. The third-order valence-corrected chi connectivity index (χ3v) is 3.55. The van der Waals surface area contributed by atoms with Gasteiger partial charge < -0.3 is 9.80 Å². The Labute approximate surface area is 95.6 Å². The third-order valence-electron chi connectivity index (χ3n) is 3.55. The van der Waals surface area contributed by atoms with E-state index in [0.29, 0.717) is 0 Å². The molecule has 2 nitrogen and oxygen atoms in total. The molecule has 0 radical (unpaired) electrons. The molecule has 0 aromatic carbocycles. The van der Waals surface area contributed by atoms with E-state index >= 15 is 0 Å². The molecule has 0 amide bonds. The largest absolute Gasteiger partial charge is 0.304 e. The normalized spacial score (nSPS) is 21.8. The molecule has 0 saturated carbocycles. The molecule has 0 aromatic heterocycles. The predicted octanol–water partition coefficient (Wildman–Crippen LogP) is 2.45. The summed E-state index contributed by atoms with van der Waals surface area (Å²) in [7, 11) is 2.22. The van der Waals surface area contributed by atoms with E-state index in [1.54, 1.807) is 0 Å². The van der Waals surface area contributed by atoms with Crippen molar-refractivity contribution in [3.63, 3.8) is 0 Å². The highest BCUT2D eigenvalue weighted by Crippen LogP contribution is 2.13. The van der Waals surface area contributed by atoms with Crippen molar-refractivity contribution in [3.8, 4) is 0 Å². The molecule has 1 unspecified atom stereocenters. The molecule has 0 spiro atoms. The number of nitrogens with zero attached hydrogens (tertiary/aromatic N) is 2. The standard InChI is InChI=1S/C13H28N2/c1-4-6-13(2)7-5-8-15-11-9-14(3)10-12-15/h13H,4-12H2,1-3H3. The molecular weight excluding hydrogens is 184 g/mol. The maximum absolute atomic E-state index is 2.62. The topological polar surface area (TPSA) is 6.48 Å². The Morgan fingerprint density at radius 2 is 1.73 bits per heavy atom. The molecule has 0 aromatic rings. The van der Waals surface area contributed by atoms with Gasteiger partial charge >= 0.3 is 0 Å². The zero-order chi connectivity index (χ0) is 11.1. The van der Waals surface area contributed by atoms with Crippen LogP contribution in [0.3, 0.4) is 0 Å². The van der Waals surface area contributed by atoms with Crippen molar-refractivity contribution in [2.45, 2.75) is 39.5 Å². The summed E-state index contributed by atoms with van der Waals surface area (Å²) in [5.41, 5.74) is 0. The Balaban J connectivity index is 2.00. The minimum absolute atomic E-state index is 0.933. The van der Waals surface area contributed by atoms with Crippen molar-refractivity contribution in [1.82, 2.24) is 9.80 Å².